The molecule has 0 bridgehead atoms. The van der Waals surface area contributed by atoms with Gasteiger partial charge in [0.05, 0.1) is 69.5 Å². The summed E-state index contributed by atoms with van der Waals surface area (Å²) in [7, 11) is -10.9. The van der Waals surface area contributed by atoms with E-state index >= 15 is 0 Å². The minimum Gasteiger partial charge on any atom is -0.491 e. The van der Waals surface area contributed by atoms with Crippen LogP contribution in [0.3, 0.4) is 0 Å². The van der Waals surface area contributed by atoms with Gasteiger partial charge in [0.25, 0.3) is 0 Å². The first kappa shape index (κ1) is 45.1. The topological polar surface area (TPSA) is 138 Å². The Kier molecular flexibility index (Phi) is 27.1. The van der Waals surface area contributed by atoms with Gasteiger partial charge in [-0.15, -0.1) is 0 Å². The summed E-state index contributed by atoms with van der Waals surface area (Å²) >= 11 is 0. The molecule has 0 aliphatic rings. The molecular weight excluding hydrogens is 671 g/mol. The van der Waals surface area contributed by atoms with E-state index in [1.54, 1.807) is 0 Å². The molecule has 0 fully saturated rings. The second-order valence-corrected chi connectivity index (χ2v) is 13.3. The molecule has 0 aliphatic carbocycles. The minimum absolute atomic E-state index is 0. The molecule has 0 radical (unpaired) electrons. The van der Waals surface area contributed by atoms with Crippen LogP contribution in [0.25, 0.3) is 4.13 Å². The molecule has 11 nitrogen and oxygen atoms in total. The van der Waals surface area contributed by atoms with Crippen LogP contribution in [0, 0.1) is 0 Å². The zero-order valence-corrected chi connectivity index (χ0v) is 31.2. The Morgan fingerprint density at radius 1 is 0.622 bits per heavy atom. The molecular formula is C28H47F3KNO10S2. The van der Waals surface area contributed by atoms with E-state index in [0.717, 1.165) is 12.2 Å². The number of hydrogen-bond acceptors (Lipinski definition) is 10. The quantitative estimate of drug-likeness (QED) is 0.0894. The summed E-state index contributed by atoms with van der Waals surface area (Å²) in [5, 5.41) is 0. The van der Waals surface area contributed by atoms with Gasteiger partial charge in [0.1, 0.15) is 12.4 Å². The number of rotatable bonds is 29. The number of sulfonamides is 2. The van der Waals surface area contributed by atoms with Crippen molar-refractivity contribution in [3.8, 4) is 5.75 Å². The second kappa shape index (κ2) is 27.0. The number of nitrogens with zero attached hydrogens (tertiary/aromatic N) is 1. The van der Waals surface area contributed by atoms with Crippen molar-refractivity contribution < 1.29 is 110 Å². The van der Waals surface area contributed by atoms with Crippen LogP contribution in [0.1, 0.15) is 57.4 Å². The number of halogens is 3. The number of unbranched alkanes of at least 4 members (excludes halogenated alkanes) is 5. The Morgan fingerprint density at radius 2 is 1.07 bits per heavy atom. The van der Waals surface area contributed by atoms with E-state index in [-0.39, 0.29) is 84.2 Å². The number of hydrogen-bond donors (Lipinski definition) is 0. The maximum Gasteiger partial charge on any atom is 1.00 e. The van der Waals surface area contributed by atoms with E-state index in [4.69, 9.17) is 28.4 Å². The van der Waals surface area contributed by atoms with Gasteiger partial charge in [-0.25, -0.2) is 16.8 Å². The minimum atomic E-state index is -6.10. The van der Waals surface area contributed by atoms with Gasteiger partial charge >= 0.3 is 56.9 Å². The van der Waals surface area contributed by atoms with Crippen molar-refractivity contribution in [1.29, 1.82) is 0 Å². The molecule has 258 valence electrons. The average Bonchev–Trinajstić information content (AvgIpc) is 2.95. The largest absolute Gasteiger partial charge is 1.00 e. The molecule has 0 aliphatic heterocycles. The van der Waals surface area contributed by atoms with Crippen LogP contribution in [0.4, 0.5) is 13.2 Å². The number of aryl methyl sites for hydroxylation is 1. The number of alkyl halides is 3. The van der Waals surface area contributed by atoms with Crippen LogP contribution in [-0.2, 0) is 50.2 Å². The summed E-state index contributed by atoms with van der Waals surface area (Å²) in [5.74, 6) is -0.0643. The molecule has 0 saturated carbocycles. The zero-order valence-electron chi connectivity index (χ0n) is 26.4. The van der Waals surface area contributed by atoms with Gasteiger partial charge in [0, 0.05) is 12.4 Å². The standard InChI is InChI=1S/C28H47F3NO10S2.K/c1-2-3-4-5-6-7-9-26-10-12-27(13-11-26)42-24-23-41-22-21-40-20-19-39-18-17-38-16-15-37-14-8-25-43(33,34)32-44(35,36)28(29,30)31;/h10-13H,2-9,14-25H2,1H3;/q-1;+1. The predicted molar refractivity (Wildman–Crippen MR) is 160 cm³/mol. The molecule has 0 spiro atoms. The van der Waals surface area contributed by atoms with Crippen molar-refractivity contribution in [2.75, 3.05) is 78.4 Å². The molecule has 0 atom stereocenters. The van der Waals surface area contributed by atoms with Crippen LogP contribution in [0.2, 0.25) is 0 Å². The first-order valence-electron chi connectivity index (χ1n) is 14.9. The summed E-state index contributed by atoms with van der Waals surface area (Å²) < 4.78 is 115. The van der Waals surface area contributed by atoms with Gasteiger partial charge in [-0.2, -0.15) is 13.2 Å². The second-order valence-electron chi connectivity index (χ2n) is 9.71. The first-order chi connectivity index (χ1) is 21.0. The van der Waals surface area contributed by atoms with Crippen LogP contribution in [-0.4, -0.2) is 101 Å². The van der Waals surface area contributed by atoms with E-state index in [0.29, 0.717) is 46.2 Å². The van der Waals surface area contributed by atoms with Crippen molar-refractivity contribution in [1.82, 2.24) is 0 Å². The van der Waals surface area contributed by atoms with Crippen molar-refractivity contribution in [3.05, 3.63) is 34.0 Å². The Balaban J connectivity index is 0.0000194. The maximum absolute atomic E-state index is 12.2. The molecule has 17 heteroatoms. The summed E-state index contributed by atoms with van der Waals surface area (Å²) in [6, 6.07) is 8.24. The van der Waals surface area contributed by atoms with Crippen LogP contribution in [0.15, 0.2) is 24.3 Å². The van der Waals surface area contributed by atoms with Crippen LogP contribution < -0.4 is 56.1 Å². The van der Waals surface area contributed by atoms with Gasteiger partial charge in [-0.1, -0.05) is 51.2 Å². The van der Waals surface area contributed by atoms with Crippen LogP contribution in [0.5, 0.6) is 5.75 Å². The van der Waals surface area contributed by atoms with E-state index in [2.05, 4.69) is 19.1 Å². The third-order valence-electron chi connectivity index (χ3n) is 5.92. The summed E-state index contributed by atoms with van der Waals surface area (Å²) in [6.07, 6.45) is 8.63. The summed E-state index contributed by atoms with van der Waals surface area (Å²) in [5.41, 5.74) is -4.43. The van der Waals surface area contributed by atoms with E-state index in [1.807, 2.05) is 16.3 Å². The normalized spacial score (nSPS) is 12.3. The van der Waals surface area contributed by atoms with Gasteiger partial charge in [-0.3, -0.25) is 0 Å². The molecule has 0 unspecified atom stereocenters. The Labute approximate surface area is 309 Å². The van der Waals surface area contributed by atoms with Crippen molar-refractivity contribution in [2.45, 2.75) is 63.8 Å². The van der Waals surface area contributed by atoms with E-state index in [9.17, 15) is 30.0 Å². The average molecular weight is 718 g/mol. The number of benzene rings is 1. The van der Waals surface area contributed by atoms with Gasteiger partial charge in [0.2, 0.25) is 0 Å². The summed E-state index contributed by atoms with van der Waals surface area (Å²) in [6.45, 7) is 5.58. The molecule has 0 N–H and O–H groups in total. The Hall–Kier alpha value is 0.106. The summed E-state index contributed by atoms with van der Waals surface area (Å²) in [4.78, 5) is 0. The molecule has 0 heterocycles. The first-order valence-corrected chi connectivity index (χ1v) is 17.9. The fraction of sp³-hybridized carbons (Fsp3) is 0.786. The van der Waals surface area contributed by atoms with Crippen LogP contribution >= 0.6 is 0 Å². The molecule has 1 aromatic rings. The van der Waals surface area contributed by atoms with Crippen molar-refractivity contribution in [2.24, 2.45) is 0 Å². The van der Waals surface area contributed by atoms with Crippen molar-refractivity contribution in [3.63, 3.8) is 0 Å². The van der Waals surface area contributed by atoms with Crippen molar-refractivity contribution >= 4 is 20.0 Å². The molecule has 0 aromatic heterocycles. The Morgan fingerprint density at radius 3 is 1.56 bits per heavy atom. The third-order valence-corrected chi connectivity index (χ3v) is 9.01. The third kappa shape index (κ3) is 24.8. The van der Waals surface area contributed by atoms with E-state index in [1.165, 1.54) is 44.1 Å². The van der Waals surface area contributed by atoms with E-state index < -0.39 is 31.3 Å². The van der Waals surface area contributed by atoms with Gasteiger partial charge in [-0.05, 0) is 37.0 Å². The fourth-order valence-corrected chi connectivity index (χ4v) is 5.95. The molecule has 1 rings (SSSR count). The smallest absolute Gasteiger partial charge is 0.491 e. The zero-order chi connectivity index (χ0) is 32.6. The Bertz CT molecular complexity index is 1060. The fourth-order valence-electron chi connectivity index (χ4n) is 3.63. The van der Waals surface area contributed by atoms with Gasteiger partial charge in [0.15, 0.2) is 10.0 Å². The number of ether oxygens (including phenoxy) is 6. The molecule has 0 saturated heterocycles. The molecule has 0 amide bonds. The monoisotopic (exact) mass is 717 g/mol. The maximum atomic E-state index is 12.2. The molecule has 45 heavy (non-hydrogen) atoms. The van der Waals surface area contributed by atoms with Gasteiger partial charge < -0.3 is 32.5 Å². The predicted octanol–water partition coefficient (Wildman–Crippen LogP) is 2.00. The molecule has 1 aromatic carbocycles. The SMILES string of the molecule is CCCCCCCCc1ccc(OCCOCCOCCOCCOCCOCCCS(=O)(=O)[N-]S(=O)(=O)C(F)(F)F)cc1.[K+].